The topological polar surface area (TPSA) is 99.4 Å². The SMILES string of the molecule is N#Cc1ccccc1C[C@@H](NC(=O)[C@@H]1CCOC1)C(=O)O. The Morgan fingerprint density at radius 1 is 1.48 bits per heavy atom. The number of nitrogens with one attached hydrogen (secondary N) is 1. The lowest BCUT2D eigenvalue weighted by Crippen LogP contribution is -2.45. The fraction of sp³-hybridized carbons (Fsp3) is 0.400. The molecule has 2 atom stereocenters. The van der Waals surface area contributed by atoms with E-state index in [-0.39, 0.29) is 18.2 Å². The molecule has 1 aliphatic rings. The highest BCUT2D eigenvalue weighted by Crippen LogP contribution is 2.14. The maximum Gasteiger partial charge on any atom is 0.326 e. The van der Waals surface area contributed by atoms with Crippen LogP contribution in [0, 0.1) is 17.2 Å². The van der Waals surface area contributed by atoms with Crippen LogP contribution < -0.4 is 5.32 Å². The Morgan fingerprint density at radius 3 is 2.86 bits per heavy atom. The minimum Gasteiger partial charge on any atom is -0.480 e. The van der Waals surface area contributed by atoms with Gasteiger partial charge in [-0.15, -0.1) is 0 Å². The third kappa shape index (κ3) is 3.80. The van der Waals surface area contributed by atoms with E-state index in [1.807, 2.05) is 6.07 Å². The highest BCUT2D eigenvalue weighted by Gasteiger charge is 2.28. The number of amides is 1. The number of nitrogens with zero attached hydrogens (tertiary/aromatic N) is 1. The molecule has 1 heterocycles. The molecule has 2 rings (SSSR count). The van der Waals surface area contributed by atoms with E-state index in [2.05, 4.69) is 5.32 Å². The molecule has 1 amide bonds. The lowest BCUT2D eigenvalue weighted by atomic mass is 10.00. The Hall–Kier alpha value is -2.39. The van der Waals surface area contributed by atoms with Gasteiger partial charge < -0.3 is 15.2 Å². The molecule has 1 fully saturated rings. The lowest BCUT2D eigenvalue weighted by Gasteiger charge is -2.17. The Morgan fingerprint density at radius 2 is 2.24 bits per heavy atom. The van der Waals surface area contributed by atoms with E-state index in [0.29, 0.717) is 30.8 Å². The molecule has 1 aromatic rings. The first-order chi connectivity index (χ1) is 10.1. The average Bonchev–Trinajstić information content (AvgIpc) is 3.01. The first kappa shape index (κ1) is 15.0. The van der Waals surface area contributed by atoms with Gasteiger partial charge in [0.2, 0.25) is 5.91 Å². The van der Waals surface area contributed by atoms with Gasteiger partial charge in [-0.1, -0.05) is 18.2 Å². The van der Waals surface area contributed by atoms with E-state index in [1.165, 1.54) is 0 Å². The number of carboxylic acids is 1. The zero-order valence-corrected chi connectivity index (χ0v) is 11.4. The maximum absolute atomic E-state index is 12.0. The van der Waals surface area contributed by atoms with Crippen molar-refractivity contribution in [3.63, 3.8) is 0 Å². The predicted molar refractivity (Wildman–Crippen MR) is 73.4 cm³/mol. The second-order valence-corrected chi connectivity index (χ2v) is 4.93. The summed E-state index contributed by atoms with van der Waals surface area (Å²) >= 11 is 0. The first-order valence-electron chi connectivity index (χ1n) is 6.70. The Balaban J connectivity index is 2.07. The summed E-state index contributed by atoms with van der Waals surface area (Å²) in [5.74, 6) is -1.72. The molecular formula is C15H16N2O4. The van der Waals surface area contributed by atoms with Crippen molar-refractivity contribution in [2.75, 3.05) is 13.2 Å². The summed E-state index contributed by atoms with van der Waals surface area (Å²) in [5.41, 5.74) is 1.03. The average molecular weight is 288 g/mol. The molecule has 2 N–H and O–H groups in total. The first-order valence-corrected chi connectivity index (χ1v) is 6.70. The van der Waals surface area contributed by atoms with Crippen molar-refractivity contribution in [2.24, 2.45) is 5.92 Å². The third-order valence-electron chi connectivity index (χ3n) is 3.48. The molecule has 0 saturated carbocycles. The number of carboxylic acid groups (broad SMARTS) is 1. The van der Waals surface area contributed by atoms with E-state index in [0.717, 1.165) is 0 Å². The van der Waals surface area contributed by atoms with Crippen molar-refractivity contribution in [3.05, 3.63) is 35.4 Å². The second kappa shape index (κ2) is 6.86. The van der Waals surface area contributed by atoms with E-state index >= 15 is 0 Å². The number of carbonyl (C=O) groups is 2. The smallest absolute Gasteiger partial charge is 0.326 e. The van der Waals surface area contributed by atoms with Gasteiger partial charge in [-0.2, -0.15) is 5.26 Å². The molecule has 0 unspecified atom stereocenters. The van der Waals surface area contributed by atoms with Gasteiger partial charge in [0.15, 0.2) is 0 Å². The van der Waals surface area contributed by atoms with Gasteiger partial charge in [-0.05, 0) is 18.1 Å². The zero-order chi connectivity index (χ0) is 15.2. The van der Waals surface area contributed by atoms with Crippen molar-refractivity contribution in [1.29, 1.82) is 5.26 Å². The second-order valence-electron chi connectivity index (χ2n) is 4.93. The summed E-state index contributed by atoms with van der Waals surface area (Å²) in [4.78, 5) is 23.3. The van der Waals surface area contributed by atoms with Gasteiger partial charge in [0, 0.05) is 13.0 Å². The number of aliphatic carboxylic acids is 1. The van der Waals surface area contributed by atoms with Crippen molar-refractivity contribution in [2.45, 2.75) is 18.9 Å². The van der Waals surface area contributed by atoms with Gasteiger partial charge >= 0.3 is 5.97 Å². The molecular weight excluding hydrogens is 272 g/mol. The van der Waals surface area contributed by atoms with Crippen LogP contribution in [0.15, 0.2) is 24.3 Å². The monoisotopic (exact) mass is 288 g/mol. The molecule has 21 heavy (non-hydrogen) atoms. The van der Waals surface area contributed by atoms with Crippen LogP contribution in [0.3, 0.4) is 0 Å². The molecule has 0 aromatic heterocycles. The van der Waals surface area contributed by atoms with Crippen LogP contribution in [0.1, 0.15) is 17.5 Å². The molecule has 1 aromatic carbocycles. The van der Waals surface area contributed by atoms with Crippen molar-refractivity contribution in [1.82, 2.24) is 5.32 Å². The van der Waals surface area contributed by atoms with Crippen LogP contribution in [-0.4, -0.2) is 36.2 Å². The fourth-order valence-corrected chi connectivity index (χ4v) is 2.26. The minimum atomic E-state index is -1.12. The number of hydrogen-bond acceptors (Lipinski definition) is 4. The maximum atomic E-state index is 12.0. The molecule has 0 radical (unpaired) electrons. The zero-order valence-electron chi connectivity index (χ0n) is 11.4. The summed E-state index contributed by atoms with van der Waals surface area (Å²) in [6.45, 7) is 0.847. The van der Waals surface area contributed by atoms with E-state index in [9.17, 15) is 14.7 Å². The van der Waals surface area contributed by atoms with Crippen LogP contribution in [0.2, 0.25) is 0 Å². The van der Waals surface area contributed by atoms with Crippen molar-refractivity contribution in [3.8, 4) is 6.07 Å². The van der Waals surface area contributed by atoms with E-state index in [4.69, 9.17) is 10.00 Å². The van der Waals surface area contributed by atoms with Crippen LogP contribution in [-0.2, 0) is 20.7 Å². The number of rotatable bonds is 5. The van der Waals surface area contributed by atoms with E-state index < -0.39 is 12.0 Å². The molecule has 0 aliphatic carbocycles. The van der Waals surface area contributed by atoms with Gasteiger partial charge in [-0.25, -0.2) is 4.79 Å². The van der Waals surface area contributed by atoms with Crippen LogP contribution in [0.5, 0.6) is 0 Å². The van der Waals surface area contributed by atoms with Crippen LogP contribution >= 0.6 is 0 Å². The molecule has 110 valence electrons. The normalized spacial score (nSPS) is 18.7. The highest BCUT2D eigenvalue weighted by molar-refractivity contribution is 5.85. The van der Waals surface area contributed by atoms with Crippen molar-refractivity contribution < 1.29 is 19.4 Å². The van der Waals surface area contributed by atoms with Gasteiger partial charge in [0.05, 0.1) is 24.2 Å². The molecule has 0 spiro atoms. The summed E-state index contributed by atoms with van der Waals surface area (Å²) in [6, 6.07) is 7.75. The van der Waals surface area contributed by atoms with Gasteiger partial charge in [-0.3, -0.25) is 4.79 Å². The van der Waals surface area contributed by atoms with Gasteiger partial charge in [0.25, 0.3) is 0 Å². The molecule has 6 heteroatoms. The number of hydrogen-bond donors (Lipinski definition) is 2. The lowest BCUT2D eigenvalue weighted by molar-refractivity contribution is -0.142. The Labute approximate surface area is 122 Å². The summed E-state index contributed by atoms with van der Waals surface area (Å²) in [6.07, 6.45) is 0.686. The number of benzene rings is 1. The number of nitriles is 1. The quantitative estimate of drug-likeness (QED) is 0.831. The highest BCUT2D eigenvalue weighted by atomic mass is 16.5. The Bertz CT molecular complexity index is 573. The van der Waals surface area contributed by atoms with Gasteiger partial charge in [0.1, 0.15) is 6.04 Å². The molecule has 1 saturated heterocycles. The molecule has 1 aliphatic heterocycles. The van der Waals surface area contributed by atoms with Crippen LogP contribution in [0.25, 0.3) is 0 Å². The van der Waals surface area contributed by atoms with Crippen molar-refractivity contribution >= 4 is 11.9 Å². The summed E-state index contributed by atoms with van der Waals surface area (Å²) in [5, 5.41) is 20.8. The van der Waals surface area contributed by atoms with Crippen LogP contribution in [0.4, 0.5) is 0 Å². The molecule has 0 bridgehead atoms. The number of ether oxygens (including phenoxy) is 1. The standard InChI is InChI=1S/C15H16N2O4/c16-8-11-4-2-1-3-10(11)7-13(15(19)20)17-14(18)12-5-6-21-9-12/h1-4,12-13H,5-7,9H2,(H,17,18)(H,19,20)/t12-,13-/m1/s1. The summed E-state index contributed by atoms with van der Waals surface area (Å²) in [7, 11) is 0. The summed E-state index contributed by atoms with van der Waals surface area (Å²) < 4.78 is 5.12. The Kier molecular flexibility index (Phi) is 4.90. The fourth-order valence-electron chi connectivity index (χ4n) is 2.26. The third-order valence-corrected chi connectivity index (χ3v) is 3.48. The molecule has 6 nitrogen and oxygen atoms in total. The number of carbonyl (C=O) groups excluding carboxylic acids is 1. The largest absolute Gasteiger partial charge is 0.480 e. The van der Waals surface area contributed by atoms with E-state index in [1.54, 1.807) is 24.3 Å². The minimum absolute atomic E-state index is 0.0817. The predicted octanol–water partition coefficient (Wildman–Crippen LogP) is 0.707.